The number of pyridine rings is 1. The molecule has 2 heterocycles. The Labute approximate surface area is 166 Å². The molecule has 1 fully saturated rings. The quantitative estimate of drug-likeness (QED) is 0.558. The second kappa shape index (κ2) is 9.95. The molecule has 1 saturated carbocycles. The van der Waals surface area contributed by atoms with Crippen LogP contribution < -0.4 is 4.74 Å². The summed E-state index contributed by atoms with van der Waals surface area (Å²) < 4.78 is 39.9. The number of alkyl halides is 3. The van der Waals surface area contributed by atoms with Crippen molar-refractivity contribution in [3.63, 3.8) is 0 Å². The maximum Gasteiger partial charge on any atom is 0.573 e. The highest BCUT2D eigenvalue weighted by Crippen LogP contribution is 2.24. The summed E-state index contributed by atoms with van der Waals surface area (Å²) in [5.41, 5.74) is 1.54. The monoisotopic (exact) mass is 408 g/mol. The van der Waals surface area contributed by atoms with E-state index in [2.05, 4.69) is 16.8 Å². The van der Waals surface area contributed by atoms with E-state index in [9.17, 15) is 18.0 Å². The number of hydrogen-bond donors (Lipinski definition) is 1. The Morgan fingerprint density at radius 3 is 2.28 bits per heavy atom. The van der Waals surface area contributed by atoms with Gasteiger partial charge in [-0.15, -0.1) is 13.2 Å². The van der Waals surface area contributed by atoms with E-state index in [4.69, 9.17) is 5.11 Å². The number of fused-ring (bicyclic) bond motifs is 1. The number of aromatic hydroxyl groups is 1. The Bertz CT molecular complexity index is 917. The number of phenolic OH excluding ortho intramolecular Hbond substituents is 1. The van der Waals surface area contributed by atoms with Crippen molar-refractivity contribution in [3.05, 3.63) is 60.4 Å². The fraction of sp³-hybridized carbons (Fsp3) is 0.333. The number of hydrogen-bond acceptors (Lipinski definition) is 4. The Hall–Kier alpha value is -3.03. The zero-order chi connectivity index (χ0) is 21.4. The molecule has 0 aliphatic heterocycles. The van der Waals surface area contributed by atoms with Crippen molar-refractivity contribution in [3.8, 4) is 11.5 Å². The standard InChI is InChI=1S/C9H8N2O.C7H5F3O2.C5H10/c1-7(12)8-6-10-11-5-3-2-4-9(8)11;8-7(9,10)12-6-3-1-5(11)2-4-6;1-5-3-2-4-5/h2-6H,1H3;1-4,11H;5H,2-4H2,1H3. The van der Waals surface area contributed by atoms with Crippen molar-refractivity contribution in [1.29, 1.82) is 0 Å². The predicted molar refractivity (Wildman–Crippen MR) is 103 cm³/mol. The lowest BCUT2D eigenvalue weighted by molar-refractivity contribution is -0.274. The average Bonchev–Trinajstić information content (AvgIpc) is 3.06. The van der Waals surface area contributed by atoms with Crippen LogP contribution in [0.5, 0.6) is 11.5 Å². The van der Waals surface area contributed by atoms with Crippen molar-refractivity contribution >= 4 is 11.3 Å². The van der Waals surface area contributed by atoms with Gasteiger partial charge in [0.2, 0.25) is 0 Å². The van der Waals surface area contributed by atoms with Crippen LogP contribution in [-0.4, -0.2) is 26.9 Å². The molecule has 0 radical (unpaired) electrons. The molecule has 1 aliphatic rings. The van der Waals surface area contributed by atoms with Crippen molar-refractivity contribution in [1.82, 2.24) is 9.61 Å². The summed E-state index contributed by atoms with van der Waals surface area (Å²) in [6.07, 6.45) is 3.19. The average molecular weight is 408 g/mol. The number of rotatable bonds is 2. The maximum atomic E-state index is 11.6. The SMILES string of the molecule is CC(=O)c1cnn2ccccc12.CC1CCC1.Oc1ccc(OC(F)(F)F)cc1. The molecule has 1 aromatic carbocycles. The van der Waals surface area contributed by atoms with Gasteiger partial charge < -0.3 is 9.84 Å². The van der Waals surface area contributed by atoms with Crippen LogP contribution in [0, 0.1) is 5.92 Å². The number of nitrogens with zero attached hydrogens (tertiary/aromatic N) is 2. The van der Waals surface area contributed by atoms with E-state index in [1.807, 2.05) is 24.4 Å². The van der Waals surface area contributed by atoms with Crippen LogP contribution in [0.15, 0.2) is 54.9 Å². The van der Waals surface area contributed by atoms with Gasteiger partial charge in [-0.2, -0.15) is 5.10 Å². The number of ketones is 1. The number of carbonyl (C=O) groups excluding carboxylic acids is 1. The van der Waals surface area contributed by atoms with Crippen LogP contribution >= 0.6 is 0 Å². The minimum absolute atomic E-state index is 0.0520. The molecule has 0 bridgehead atoms. The smallest absolute Gasteiger partial charge is 0.508 e. The topological polar surface area (TPSA) is 63.8 Å². The van der Waals surface area contributed by atoms with Gasteiger partial charge in [-0.05, 0) is 49.2 Å². The Morgan fingerprint density at radius 1 is 1.17 bits per heavy atom. The van der Waals surface area contributed by atoms with Crippen LogP contribution in [0.25, 0.3) is 5.52 Å². The first-order chi connectivity index (χ1) is 13.7. The maximum absolute atomic E-state index is 11.6. The first kappa shape index (κ1) is 22.3. The molecule has 0 atom stereocenters. The highest BCUT2D eigenvalue weighted by Gasteiger charge is 2.30. The van der Waals surface area contributed by atoms with Gasteiger partial charge in [0.1, 0.15) is 11.5 Å². The Balaban J connectivity index is 0.000000168. The van der Waals surface area contributed by atoms with Crippen molar-refractivity contribution < 1.29 is 27.8 Å². The molecule has 8 heteroatoms. The van der Waals surface area contributed by atoms with E-state index in [-0.39, 0.29) is 17.3 Å². The molecule has 0 saturated heterocycles. The minimum atomic E-state index is -4.68. The molecule has 0 amide bonds. The first-order valence-electron chi connectivity index (χ1n) is 9.14. The lowest BCUT2D eigenvalue weighted by Crippen LogP contribution is -2.16. The molecular formula is C21H23F3N2O3. The summed E-state index contributed by atoms with van der Waals surface area (Å²) in [5, 5.41) is 12.8. The van der Waals surface area contributed by atoms with Gasteiger partial charge in [0, 0.05) is 6.20 Å². The summed E-state index contributed by atoms with van der Waals surface area (Å²) in [4.78, 5) is 11.1. The van der Waals surface area contributed by atoms with Crippen molar-refractivity contribution in [2.24, 2.45) is 5.92 Å². The third kappa shape index (κ3) is 7.48. The number of ether oxygens (including phenoxy) is 1. The summed E-state index contributed by atoms with van der Waals surface area (Å²) in [5.74, 6) is 0.663. The van der Waals surface area contributed by atoms with Gasteiger partial charge in [-0.25, -0.2) is 4.52 Å². The van der Waals surface area contributed by atoms with Crippen molar-refractivity contribution in [2.75, 3.05) is 0 Å². The minimum Gasteiger partial charge on any atom is -0.508 e. The van der Waals surface area contributed by atoms with E-state index in [1.54, 1.807) is 17.6 Å². The van der Waals surface area contributed by atoms with E-state index < -0.39 is 6.36 Å². The van der Waals surface area contributed by atoms with E-state index in [0.29, 0.717) is 5.56 Å². The summed E-state index contributed by atoms with van der Waals surface area (Å²) in [6.45, 7) is 3.85. The van der Waals surface area contributed by atoms with Gasteiger partial charge in [-0.1, -0.05) is 32.3 Å². The van der Waals surface area contributed by atoms with Crippen LogP contribution in [0.2, 0.25) is 0 Å². The van der Waals surface area contributed by atoms with E-state index in [1.165, 1.54) is 19.3 Å². The lowest BCUT2D eigenvalue weighted by Gasteiger charge is -2.18. The highest BCUT2D eigenvalue weighted by molar-refractivity contribution is 6.00. The molecule has 156 valence electrons. The van der Waals surface area contributed by atoms with Gasteiger partial charge in [0.05, 0.1) is 17.3 Å². The van der Waals surface area contributed by atoms with Gasteiger partial charge in [0.15, 0.2) is 5.78 Å². The summed E-state index contributed by atoms with van der Waals surface area (Å²) in [7, 11) is 0. The molecule has 3 aromatic rings. The highest BCUT2D eigenvalue weighted by atomic mass is 19.4. The predicted octanol–water partition coefficient (Wildman–Crippen LogP) is 5.63. The third-order valence-corrected chi connectivity index (χ3v) is 4.27. The van der Waals surface area contributed by atoms with Crippen LogP contribution in [0.3, 0.4) is 0 Å². The zero-order valence-electron chi connectivity index (χ0n) is 16.2. The first-order valence-corrected chi connectivity index (χ1v) is 9.14. The van der Waals surface area contributed by atoms with Gasteiger partial charge in [-0.3, -0.25) is 4.79 Å². The van der Waals surface area contributed by atoms with E-state index >= 15 is 0 Å². The van der Waals surface area contributed by atoms with Crippen LogP contribution in [0.1, 0.15) is 43.5 Å². The molecule has 1 aliphatic carbocycles. The number of carbonyl (C=O) groups is 1. The third-order valence-electron chi connectivity index (χ3n) is 4.27. The van der Waals surface area contributed by atoms with Gasteiger partial charge in [0.25, 0.3) is 0 Å². The Kier molecular flexibility index (Phi) is 7.64. The fourth-order valence-electron chi connectivity index (χ4n) is 2.47. The second-order valence-electron chi connectivity index (χ2n) is 6.72. The molecule has 5 nitrogen and oxygen atoms in total. The molecule has 4 rings (SSSR count). The molecule has 29 heavy (non-hydrogen) atoms. The normalized spacial score (nSPS) is 13.4. The van der Waals surface area contributed by atoms with E-state index in [0.717, 1.165) is 35.7 Å². The number of aromatic nitrogens is 2. The molecule has 0 unspecified atom stereocenters. The summed E-state index contributed by atoms with van der Waals surface area (Å²) >= 11 is 0. The second-order valence-corrected chi connectivity index (χ2v) is 6.72. The largest absolute Gasteiger partial charge is 0.573 e. The zero-order valence-corrected chi connectivity index (χ0v) is 16.2. The summed E-state index contributed by atoms with van der Waals surface area (Å²) in [6, 6.07) is 9.94. The molecule has 2 aromatic heterocycles. The van der Waals surface area contributed by atoms with Gasteiger partial charge >= 0.3 is 6.36 Å². The lowest BCUT2D eigenvalue weighted by atomic mass is 9.88. The number of benzene rings is 1. The fourth-order valence-corrected chi connectivity index (χ4v) is 2.47. The number of Topliss-reactive ketones (excluding diaryl/α,β-unsaturated/α-hetero) is 1. The number of halogens is 3. The van der Waals surface area contributed by atoms with Crippen LogP contribution in [0.4, 0.5) is 13.2 Å². The van der Waals surface area contributed by atoms with Crippen molar-refractivity contribution in [2.45, 2.75) is 39.5 Å². The molecule has 0 spiro atoms. The molecule has 1 N–H and O–H groups in total. The number of phenols is 1. The Morgan fingerprint density at radius 2 is 1.79 bits per heavy atom. The molecular weight excluding hydrogens is 385 g/mol. The van der Waals surface area contributed by atoms with Crippen LogP contribution in [-0.2, 0) is 0 Å².